The van der Waals surface area contributed by atoms with Crippen molar-refractivity contribution in [3.05, 3.63) is 0 Å². The smallest absolute Gasteiger partial charge is 0.245 e. The minimum absolute atomic E-state index is 0.117. The lowest BCUT2D eigenvalue weighted by Crippen LogP contribution is -2.57. The molecule has 1 aliphatic carbocycles. The summed E-state index contributed by atoms with van der Waals surface area (Å²) in [5, 5.41) is 6.68. The second-order valence-corrected chi connectivity index (χ2v) is 10.8. The molecule has 0 aromatic heterocycles. The fourth-order valence-corrected chi connectivity index (χ4v) is 4.81. The van der Waals surface area contributed by atoms with E-state index in [0.717, 1.165) is 36.8 Å². The Balaban J connectivity index is 1.87. The van der Waals surface area contributed by atoms with E-state index in [4.69, 9.17) is 30.2 Å². The van der Waals surface area contributed by atoms with Gasteiger partial charge in [0.1, 0.15) is 6.04 Å². The van der Waals surface area contributed by atoms with Crippen LogP contribution in [0.15, 0.2) is 0 Å². The number of unbranched alkanes of at least 4 members (excludes halogenated alkanes) is 1. The average molecular weight is 441 g/mol. The number of carbonyl (C=O) groups excluding carboxylic acids is 1. The van der Waals surface area contributed by atoms with Gasteiger partial charge in [-0.15, -0.1) is 0 Å². The molecule has 1 heterocycles. The topological polar surface area (TPSA) is 70.4 Å². The maximum Gasteiger partial charge on any atom is 0.245 e. The van der Waals surface area contributed by atoms with Crippen molar-refractivity contribution in [3.8, 4) is 0 Å². The summed E-state index contributed by atoms with van der Waals surface area (Å²) in [6, 6.07) is -0.174. The van der Waals surface area contributed by atoms with Crippen molar-refractivity contribution in [1.82, 2.24) is 15.5 Å². The van der Waals surface area contributed by atoms with E-state index in [1.807, 2.05) is 4.90 Å². The molecule has 2 rings (SSSR count). The van der Waals surface area contributed by atoms with Crippen LogP contribution >= 0.6 is 24.4 Å². The van der Waals surface area contributed by atoms with Crippen molar-refractivity contribution in [1.29, 1.82) is 0 Å². The van der Waals surface area contributed by atoms with Crippen LogP contribution in [0.4, 0.5) is 0 Å². The second kappa shape index (κ2) is 11.0. The quantitative estimate of drug-likeness (QED) is 0.477. The maximum atomic E-state index is 13.3. The van der Waals surface area contributed by atoms with Gasteiger partial charge in [0, 0.05) is 31.6 Å². The Morgan fingerprint density at radius 3 is 2.55 bits per heavy atom. The third kappa shape index (κ3) is 6.86. The Kier molecular flexibility index (Phi) is 9.29. The third-order valence-corrected chi connectivity index (χ3v) is 7.11. The molecule has 166 valence electrons. The molecule has 29 heavy (non-hydrogen) atoms. The highest BCUT2D eigenvalue weighted by Crippen LogP contribution is 2.37. The first kappa shape index (κ1) is 24.5. The van der Waals surface area contributed by atoms with Crippen LogP contribution in [0.1, 0.15) is 72.6 Å². The van der Waals surface area contributed by atoms with Gasteiger partial charge in [-0.2, -0.15) is 0 Å². The van der Waals surface area contributed by atoms with Gasteiger partial charge in [-0.25, -0.2) is 0 Å². The first-order valence-corrected chi connectivity index (χ1v) is 12.1. The van der Waals surface area contributed by atoms with E-state index >= 15 is 0 Å². The Hall–Kier alpha value is -0.790. The molecule has 0 aromatic rings. The van der Waals surface area contributed by atoms with Crippen LogP contribution in [-0.4, -0.2) is 52.5 Å². The number of hydrogen-bond acceptors (Lipinski definition) is 4. The Morgan fingerprint density at radius 2 is 1.97 bits per heavy atom. The van der Waals surface area contributed by atoms with Crippen molar-refractivity contribution < 1.29 is 4.79 Å². The number of likely N-dealkylation sites (tertiary alicyclic amines) is 1. The van der Waals surface area contributed by atoms with Gasteiger partial charge in [-0.1, -0.05) is 71.4 Å². The fourth-order valence-electron chi connectivity index (χ4n) is 4.41. The Morgan fingerprint density at radius 1 is 1.28 bits per heavy atom. The predicted octanol–water partition coefficient (Wildman–Crippen LogP) is 3.40. The van der Waals surface area contributed by atoms with Gasteiger partial charge in [-0.05, 0) is 37.0 Å². The molecule has 1 saturated heterocycles. The van der Waals surface area contributed by atoms with Gasteiger partial charge >= 0.3 is 0 Å². The highest BCUT2D eigenvalue weighted by molar-refractivity contribution is 7.80. The number of carbonyl (C=O) groups is 1. The van der Waals surface area contributed by atoms with Crippen molar-refractivity contribution in [2.75, 3.05) is 19.6 Å². The first-order chi connectivity index (χ1) is 13.7. The van der Waals surface area contributed by atoms with Crippen LogP contribution in [0.5, 0.6) is 0 Å². The van der Waals surface area contributed by atoms with E-state index in [0.29, 0.717) is 10.9 Å². The molecule has 0 spiro atoms. The summed E-state index contributed by atoms with van der Waals surface area (Å²) >= 11 is 10.9. The molecule has 5 nitrogen and oxygen atoms in total. The minimum Gasteiger partial charge on any atom is -0.377 e. The SMILES string of the molecule is CCCCC1CC(C(=S)NC[C@H]2CCCN2C(=O)[C@@H](NC(=S)CN)C(C)(C)C)C1. The van der Waals surface area contributed by atoms with Gasteiger partial charge < -0.3 is 21.3 Å². The predicted molar refractivity (Wildman–Crippen MR) is 129 cm³/mol. The van der Waals surface area contributed by atoms with Crippen LogP contribution in [0.3, 0.4) is 0 Å². The number of nitrogens with one attached hydrogen (secondary N) is 2. The molecule has 1 saturated carbocycles. The average Bonchev–Trinajstić information content (AvgIpc) is 3.10. The maximum absolute atomic E-state index is 13.3. The summed E-state index contributed by atoms with van der Waals surface area (Å²) in [7, 11) is 0. The Bertz CT molecular complexity index is 584. The van der Waals surface area contributed by atoms with Gasteiger partial charge in [0.15, 0.2) is 0 Å². The number of rotatable bonds is 9. The van der Waals surface area contributed by atoms with Gasteiger partial charge in [0.25, 0.3) is 0 Å². The molecule has 0 radical (unpaired) electrons. The largest absolute Gasteiger partial charge is 0.377 e. The molecular weight excluding hydrogens is 400 g/mol. The number of nitrogens with two attached hydrogens (primary N) is 1. The monoisotopic (exact) mass is 440 g/mol. The van der Waals surface area contributed by atoms with Gasteiger partial charge in [0.2, 0.25) is 5.91 Å². The highest BCUT2D eigenvalue weighted by atomic mass is 32.1. The van der Waals surface area contributed by atoms with E-state index in [1.54, 1.807) is 0 Å². The second-order valence-electron chi connectivity index (χ2n) is 9.82. The number of amides is 1. The zero-order chi connectivity index (χ0) is 21.6. The molecule has 1 amide bonds. The zero-order valence-electron chi connectivity index (χ0n) is 18.6. The minimum atomic E-state index is -0.364. The highest BCUT2D eigenvalue weighted by Gasteiger charge is 2.39. The standard InChI is InChI=1S/C22H40N4OS2/c1-5-6-8-15-11-16(12-15)20(29)24-14-17-9-7-10-26(17)21(27)19(22(2,3)4)25-18(28)13-23/h15-17,19H,5-14,23H2,1-4H3,(H,24,29)(H,25,28)/t15?,16?,17-,19-/m1/s1. The van der Waals surface area contributed by atoms with Gasteiger partial charge in [-0.3, -0.25) is 4.79 Å². The zero-order valence-corrected chi connectivity index (χ0v) is 20.3. The van der Waals surface area contributed by atoms with Crippen LogP contribution in [0.25, 0.3) is 0 Å². The molecule has 2 aliphatic rings. The first-order valence-electron chi connectivity index (χ1n) is 11.2. The fraction of sp³-hybridized carbons (Fsp3) is 0.864. The van der Waals surface area contributed by atoms with E-state index < -0.39 is 0 Å². The summed E-state index contributed by atoms with van der Waals surface area (Å²) in [6.45, 7) is 10.2. The van der Waals surface area contributed by atoms with Crippen LogP contribution in [0, 0.1) is 17.3 Å². The van der Waals surface area contributed by atoms with Crippen molar-refractivity contribution in [3.63, 3.8) is 0 Å². The van der Waals surface area contributed by atoms with Crippen molar-refractivity contribution in [2.24, 2.45) is 23.0 Å². The molecule has 1 aliphatic heterocycles. The van der Waals surface area contributed by atoms with E-state index in [1.165, 1.54) is 32.1 Å². The van der Waals surface area contributed by atoms with Crippen LogP contribution in [0.2, 0.25) is 0 Å². The molecule has 0 unspecified atom stereocenters. The van der Waals surface area contributed by atoms with Gasteiger partial charge in [0.05, 0.1) is 9.98 Å². The summed E-state index contributed by atoms with van der Waals surface area (Å²) < 4.78 is 0. The lowest BCUT2D eigenvalue weighted by atomic mass is 9.72. The number of nitrogens with zero attached hydrogens (tertiary/aromatic N) is 1. The summed E-state index contributed by atoms with van der Waals surface area (Å²) in [5.41, 5.74) is 5.41. The molecular formula is C22H40N4OS2. The van der Waals surface area contributed by atoms with E-state index in [9.17, 15) is 4.79 Å². The normalized spacial score (nSPS) is 25.3. The third-order valence-electron chi connectivity index (χ3n) is 6.35. The molecule has 2 fully saturated rings. The van der Waals surface area contributed by atoms with Crippen LogP contribution < -0.4 is 16.4 Å². The number of hydrogen-bond donors (Lipinski definition) is 3. The molecule has 2 atom stereocenters. The van der Waals surface area contributed by atoms with E-state index in [-0.39, 0.29) is 30.0 Å². The lowest BCUT2D eigenvalue weighted by Gasteiger charge is -2.38. The molecule has 7 heteroatoms. The van der Waals surface area contributed by atoms with Crippen molar-refractivity contribution in [2.45, 2.75) is 84.7 Å². The van der Waals surface area contributed by atoms with E-state index in [2.05, 4.69) is 38.3 Å². The molecule has 4 N–H and O–H groups in total. The summed E-state index contributed by atoms with van der Waals surface area (Å²) in [6.07, 6.45) is 8.45. The lowest BCUT2D eigenvalue weighted by molar-refractivity contribution is -0.136. The van der Waals surface area contributed by atoms with Crippen molar-refractivity contribution >= 4 is 40.3 Å². The molecule has 0 aromatic carbocycles. The Labute approximate surface area is 187 Å². The molecule has 0 bridgehead atoms. The van der Waals surface area contributed by atoms with Crippen LogP contribution in [-0.2, 0) is 4.79 Å². The number of thiocarbonyl (C=S) groups is 2. The summed E-state index contributed by atoms with van der Waals surface area (Å²) in [4.78, 5) is 16.9. The summed E-state index contributed by atoms with van der Waals surface area (Å²) in [5.74, 6) is 1.50.